The molecule has 0 radical (unpaired) electrons. The molecule has 2 rings (SSSR count). The van der Waals surface area contributed by atoms with E-state index >= 15 is 0 Å². The molecule has 2 aromatic rings. The maximum atomic E-state index is 5.84. The van der Waals surface area contributed by atoms with Crippen LogP contribution in [0, 0.1) is 0 Å². The van der Waals surface area contributed by atoms with E-state index in [-0.39, 0.29) is 0 Å². The Kier molecular flexibility index (Phi) is 4.61. The molecule has 0 bridgehead atoms. The lowest BCUT2D eigenvalue weighted by Crippen LogP contribution is -2.32. The van der Waals surface area contributed by atoms with Gasteiger partial charge in [0.05, 0.1) is 0 Å². The molecule has 0 saturated carbocycles. The monoisotopic (exact) mass is 286 g/mol. The molecule has 0 heterocycles. The van der Waals surface area contributed by atoms with Crippen molar-refractivity contribution in [2.75, 3.05) is 11.4 Å². The number of hydrogen-bond acceptors (Lipinski definition) is 2. The van der Waals surface area contributed by atoms with Gasteiger partial charge in [-0.2, -0.15) is 0 Å². The van der Waals surface area contributed by atoms with Gasteiger partial charge in [0, 0.05) is 29.2 Å². The maximum Gasteiger partial charge on any atom is 0.104 e. The van der Waals surface area contributed by atoms with Crippen molar-refractivity contribution in [3.8, 4) is 0 Å². The molecule has 2 aromatic carbocycles. The van der Waals surface area contributed by atoms with Crippen LogP contribution in [-0.4, -0.2) is 17.6 Å². The van der Waals surface area contributed by atoms with Gasteiger partial charge >= 0.3 is 0 Å². The first-order chi connectivity index (χ1) is 9.60. The Labute approximate surface area is 126 Å². The third-order valence-electron chi connectivity index (χ3n) is 3.94. The fraction of sp³-hybridized carbons (Fsp3) is 0.353. The van der Waals surface area contributed by atoms with E-state index in [1.54, 1.807) is 0 Å². The summed E-state index contributed by atoms with van der Waals surface area (Å²) >= 11 is 5.17. The standard InChI is InChI=1S/C17H22N2S/c1-4-12(3)19(5-2)16-11-10-15(17(18)20)13-8-6-7-9-14(13)16/h6-12H,4-5H2,1-3H3,(H2,18,20). The normalized spacial score (nSPS) is 12.3. The number of fused-ring (bicyclic) bond motifs is 1. The van der Waals surface area contributed by atoms with Gasteiger partial charge in [0.15, 0.2) is 0 Å². The summed E-state index contributed by atoms with van der Waals surface area (Å²) in [5.74, 6) is 0. The molecule has 0 saturated heterocycles. The van der Waals surface area contributed by atoms with Crippen LogP contribution < -0.4 is 10.6 Å². The zero-order valence-electron chi connectivity index (χ0n) is 12.4. The van der Waals surface area contributed by atoms with Crippen molar-refractivity contribution in [2.24, 2.45) is 5.73 Å². The smallest absolute Gasteiger partial charge is 0.104 e. The van der Waals surface area contributed by atoms with Crippen molar-refractivity contribution in [3.63, 3.8) is 0 Å². The van der Waals surface area contributed by atoms with Crippen LogP contribution in [-0.2, 0) is 0 Å². The molecular formula is C17H22N2S. The molecule has 0 aliphatic rings. The molecule has 106 valence electrons. The van der Waals surface area contributed by atoms with Crippen LogP contribution in [0.4, 0.5) is 5.69 Å². The fourth-order valence-electron chi connectivity index (χ4n) is 2.69. The number of nitrogens with zero attached hydrogens (tertiary/aromatic N) is 1. The average Bonchev–Trinajstić information content (AvgIpc) is 2.47. The van der Waals surface area contributed by atoms with Crippen molar-refractivity contribution in [2.45, 2.75) is 33.2 Å². The second-order valence-corrected chi connectivity index (χ2v) is 5.53. The highest BCUT2D eigenvalue weighted by atomic mass is 32.1. The molecular weight excluding hydrogens is 264 g/mol. The molecule has 0 spiro atoms. The summed E-state index contributed by atoms with van der Waals surface area (Å²) in [6.07, 6.45) is 1.12. The second-order valence-electron chi connectivity index (χ2n) is 5.09. The topological polar surface area (TPSA) is 29.3 Å². The van der Waals surface area contributed by atoms with Gasteiger partial charge in [-0.1, -0.05) is 43.4 Å². The Bertz CT molecular complexity index is 621. The number of anilines is 1. The summed E-state index contributed by atoms with van der Waals surface area (Å²) in [6.45, 7) is 7.67. The minimum atomic E-state index is 0.458. The first-order valence-electron chi connectivity index (χ1n) is 7.18. The molecule has 2 nitrogen and oxygen atoms in total. The highest BCUT2D eigenvalue weighted by Crippen LogP contribution is 2.31. The lowest BCUT2D eigenvalue weighted by atomic mass is 10.0. The van der Waals surface area contributed by atoms with Gasteiger partial charge in [0.1, 0.15) is 4.99 Å². The Balaban J connectivity index is 2.66. The van der Waals surface area contributed by atoms with Crippen molar-refractivity contribution >= 4 is 33.7 Å². The zero-order chi connectivity index (χ0) is 14.7. The van der Waals surface area contributed by atoms with E-state index < -0.39 is 0 Å². The number of nitrogens with two attached hydrogens (primary N) is 1. The summed E-state index contributed by atoms with van der Waals surface area (Å²) in [4.78, 5) is 2.89. The zero-order valence-corrected chi connectivity index (χ0v) is 13.2. The van der Waals surface area contributed by atoms with Crippen LogP contribution in [0.5, 0.6) is 0 Å². The van der Waals surface area contributed by atoms with Crippen LogP contribution in [0.25, 0.3) is 10.8 Å². The van der Waals surface area contributed by atoms with Crippen molar-refractivity contribution < 1.29 is 0 Å². The van der Waals surface area contributed by atoms with Gasteiger partial charge < -0.3 is 10.6 Å². The molecule has 0 fully saturated rings. The first-order valence-corrected chi connectivity index (χ1v) is 7.59. The summed E-state index contributed by atoms with van der Waals surface area (Å²) in [5.41, 5.74) is 8.06. The van der Waals surface area contributed by atoms with E-state index in [1.165, 1.54) is 11.1 Å². The van der Waals surface area contributed by atoms with Gasteiger partial charge in [-0.3, -0.25) is 0 Å². The molecule has 20 heavy (non-hydrogen) atoms. The van der Waals surface area contributed by atoms with E-state index in [0.29, 0.717) is 11.0 Å². The predicted molar refractivity (Wildman–Crippen MR) is 92.6 cm³/mol. The molecule has 1 atom stereocenters. The quantitative estimate of drug-likeness (QED) is 0.839. The summed E-state index contributed by atoms with van der Waals surface area (Å²) in [7, 11) is 0. The van der Waals surface area contributed by atoms with E-state index in [4.69, 9.17) is 18.0 Å². The summed E-state index contributed by atoms with van der Waals surface area (Å²) in [5, 5.41) is 2.36. The molecule has 2 N–H and O–H groups in total. The van der Waals surface area contributed by atoms with Gasteiger partial charge in [0.25, 0.3) is 0 Å². The summed E-state index contributed by atoms with van der Waals surface area (Å²) in [6, 6.07) is 13.1. The van der Waals surface area contributed by atoms with Gasteiger partial charge in [0.2, 0.25) is 0 Å². The predicted octanol–water partition coefficient (Wildman–Crippen LogP) is 4.10. The SMILES string of the molecule is CCC(C)N(CC)c1ccc(C(N)=S)c2ccccc12. The Morgan fingerprint density at radius 1 is 1.15 bits per heavy atom. The van der Waals surface area contributed by atoms with Crippen LogP contribution in [0.3, 0.4) is 0 Å². The van der Waals surface area contributed by atoms with Crippen molar-refractivity contribution in [3.05, 3.63) is 42.0 Å². The number of rotatable bonds is 5. The molecule has 0 amide bonds. The van der Waals surface area contributed by atoms with Gasteiger partial charge in [-0.25, -0.2) is 0 Å². The van der Waals surface area contributed by atoms with Crippen LogP contribution in [0.2, 0.25) is 0 Å². The highest BCUT2D eigenvalue weighted by Gasteiger charge is 2.15. The Morgan fingerprint density at radius 3 is 2.35 bits per heavy atom. The minimum absolute atomic E-state index is 0.458. The minimum Gasteiger partial charge on any atom is -0.389 e. The third kappa shape index (κ3) is 2.63. The maximum absolute atomic E-state index is 5.84. The molecule has 0 aliphatic carbocycles. The van der Waals surface area contributed by atoms with Crippen molar-refractivity contribution in [1.29, 1.82) is 0 Å². The van der Waals surface area contributed by atoms with E-state index in [1.807, 2.05) is 12.1 Å². The average molecular weight is 286 g/mol. The van der Waals surface area contributed by atoms with Crippen molar-refractivity contribution in [1.82, 2.24) is 0 Å². The van der Waals surface area contributed by atoms with Crippen LogP contribution in [0.1, 0.15) is 32.8 Å². The number of thiocarbonyl (C=S) groups is 1. The Hall–Kier alpha value is -1.61. The number of hydrogen-bond donors (Lipinski definition) is 1. The third-order valence-corrected chi connectivity index (χ3v) is 4.16. The molecule has 3 heteroatoms. The molecule has 0 aliphatic heterocycles. The van der Waals surface area contributed by atoms with Gasteiger partial charge in [-0.05, 0) is 37.8 Å². The highest BCUT2D eigenvalue weighted by molar-refractivity contribution is 7.80. The second kappa shape index (κ2) is 6.23. The van der Waals surface area contributed by atoms with E-state index in [2.05, 4.69) is 49.9 Å². The Morgan fingerprint density at radius 2 is 1.80 bits per heavy atom. The number of benzene rings is 2. The van der Waals surface area contributed by atoms with Gasteiger partial charge in [-0.15, -0.1) is 0 Å². The fourth-order valence-corrected chi connectivity index (χ4v) is 2.87. The summed E-state index contributed by atoms with van der Waals surface area (Å²) < 4.78 is 0. The lowest BCUT2D eigenvalue weighted by molar-refractivity contribution is 0.632. The largest absolute Gasteiger partial charge is 0.389 e. The van der Waals surface area contributed by atoms with Crippen LogP contribution >= 0.6 is 12.2 Å². The lowest BCUT2D eigenvalue weighted by Gasteiger charge is -2.31. The van der Waals surface area contributed by atoms with Crippen LogP contribution in [0.15, 0.2) is 36.4 Å². The molecule has 0 aromatic heterocycles. The molecule has 1 unspecified atom stereocenters. The van der Waals surface area contributed by atoms with E-state index in [9.17, 15) is 0 Å². The van der Waals surface area contributed by atoms with E-state index in [0.717, 1.165) is 23.9 Å². The first kappa shape index (κ1) is 14.8.